The number of ether oxygens (including phenoxy) is 2. The molecule has 0 aliphatic carbocycles. The first kappa shape index (κ1) is 25.8. The van der Waals surface area contributed by atoms with Gasteiger partial charge in [-0.2, -0.15) is 0 Å². The number of methoxy groups -OCH3 is 2. The molecule has 0 saturated carbocycles. The van der Waals surface area contributed by atoms with Gasteiger partial charge in [-0.3, -0.25) is 9.10 Å². The zero-order valence-electron chi connectivity index (χ0n) is 18.4. The van der Waals surface area contributed by atoms with Gasteiger partial charge in [-0.05, 0) is 61.0 Å². The highest BCUT2D eigenvalue weighted by molar-refractivity contribution is 9.10. The van der Waals surface area contributed by atoms with Crippen molar-refractivity contribution in [2.45, 2.75) is 11.8 Å². The van der Waals surface area contributed by atoms with E-state index in [9.17, 15) is 17.6 Å². The molecule has 1 amide bonds. The lowest BCUT2D eigenvalue weighted by Crippen LogP contribution is -2.38. The van der Waals surface area contributed by atoms with Crippen LogP contribution in [0.4, 0.5) is 15.8 Å². The van der Waals surface area contributed by atoms with Crippen LogP contribution in [0.15, 0.2) is 64.0 Å². The lowest BCUT2D eigenvalue weighted by Gasteiger charge is -2.25. The number of hydrogen-bond donors (Lipinski definition) is 1. The SMILES string of the molecule is COc1ccc(S(=O)(=O)N(CC(=O)Nc2ccc(Br)c(C)c2)c2ccc(F)c(Cl)c2)cc1OC. The number of aryl methyl sites for hydroxylation is 1. The summed E-state index contributed by atoms with van der Waals surface area (Å²) in [7, 11) is -1.50. The van der Waals surface area contributed by atoms with Gasteiger partial charge in [0.05, 0.1) is 29.8 Å². The summed E-state index contributed by atoms with van der Waals surface area (Å²) in [5.74, 6) is -0.800. The Labute approximate surface area is 210 Å². The molecule has 7 nitrogen and oxygen atoms in total. The number of nitrogens with zero attached hydrogens (tertiary/aromatic N) is 1. The first-order chi connectivity index (χ1) is 16.1. The van der Waals surface area contributed by atoms with Crippen molar-refractivity contribution in [1.82, 2.24) is 0 Å². The minimum Gasteiger partial charge on any atom is -0.493 e. The number of halogens is 3. The summed E-state index contributed by atoms with van der Waals surface area (Å²) in [5.41, 5.74) is 1.40. The second kappa shape index (κ2) is 10.6. The highest BCUT2D eigenvalue weighted by Gasteiger charge is 2.29. The first-order valence-electron chi connectivity index (χ1n) is 9.82. The van der Waals surface area contributed by atoms with E-state index in [1.165, 1.54) is 38.5 Å². The number of carbonyl (C=O) groups is 1. The van der Waals surface area contributed by atoms with Gasteiger partial charge >= 0.3 is 0 Å². The largest absolute Gasteiger partial charge is 0.493 e. The quantitative estimate of drug-likeness (QED) is 0.391. The summed E-state index contributed by atoms with van der Waals surface area (Å²) in [5, 5.41) is 2.40. The summed E-state index contributed by atoms with van der Waals surface area (Å²) in [4.78, 5) is 12.7. The Morgan fingerprint density at radius 3 is 2.38 bits per heavy atom. The van der Waals surface area contributed by atoms with E-state index in [1.807, 2.05) is 6.92 Å². The second-order valence-electron chi connectivity index (χ2n) is 7.14. The molecule has 0 aromatic heterocycles. The Kier molecular flexibility index (Phi) is 8.06. The van der Waals surface area contributed by atoms with E-state index in [1.54, 1.807) is 18.2 Å². The monoisotopic (exact) mass is 570 g/mol. The van der Waals surface area contributed by atoms with Crippen molar-refractivity contribution in [1.29, 1.82) is 0 Å². The molecule has 0 heterocycles. The molecule has 11 heteroatoms. The van der Waals surface area contributed by atoms with Crippen LogP contribution in [0.25, 0.3) is 0 Å². The number of sulfonamides is 1. The summed E-state index contributed by atoms with van der Waals surface area (Å²) in [6.07, 6.45) is 0. The molecule has 0 spiro atoms. The van der Waals surface area contributed by atoms with Crippen molar-refractivity contribution < 1.29 is 27.1 Å². The van der Waals surface area contributed by atoms with Crippen molar-refractivity contribution in [2.24, 2.45) is 0 Å². The zero-order valence-corrected chi connectivity index (χ0v) is 21.6. The Hall–Kier alpha value is -2.82. The smallest absolute Gasteiger partial charge is 0.264 e. The van der Waals surface area contributed by atoms with Crippen molar-refractivity contribution in [3.05, 3.63) is 75.5 Å². The number of nitrogens with one attached hydrogen (secondary N) is 1. The van der Waals surface area contributed by atoms with Gasteiger partial charge in [0.25, 0.3) is 10.0 Å². The molecule has 0 aliphatic heterocycles. The maximum atomic E-state index is 13.8. The summed E-state index contributed by atoms with van der Waals surface area (Å²) < 4.78 is 53.0. The molecule has 3 aromatic rings. The molecule has 0 atom stereocenters. The number of amides is 1. The molecule has 0 aliphatic rings. The van der Waals surface area contributed by atoms with Crippen molar-refractivity contribution in [3.8, 4) is 11.5 Å². The van der Waals surface area contributed by atoms with Crippen molar-refractivity contribution in [2.75, 3.05) is 30.4 Å². The summed E-state index contributed by atoms with van der Waals surface area (Å²) >= 11 is 9.29. The van der Waals surface area contributed by atoms with E-state index in [4.69, 9.17) is 21.1 Å². The third kappa shape index (κ3) is 5.63. The third-order valence-corrected chi connectivity index (χ3v) is 7.81. The predicted molar refractivity (Wildman–Crippen MR) is 133 cm³/mol. The molecule has 3 rings (SSSR count). The first-order valence-corrected chi connectivity index (χ1v) is 12.4. The fraction of sp³-hybridized carbons (Fsp3) is 0.174. The maximum Gasteiger partial charge on any atom is 0.264 e. The van der Waals surface area contributed by atoms with Gasteiger partial charge < -0.3 is 14.8 Å². The fourth-order valence-corrected chi connectivity index (χ4v) is 4.96. The van der Waals surface area contributed by atoms with E-state index in [0.29, 0.717) is 11.4 Å². The normalized spacial score (nSPS) is 11.1. The van der Waals surface area contributed by atoms with Crippen LogP contribution in [-0.2, 0) is 14.8 Å². The standard InChI is InChI=1S/C23H21BrClFN2O5S/c1-14-10-15(4-7-18(14)24)27-23(29)13-28(16-5-8-20(26)19(25)11-16)34(30,31)17-6-9-21(32-2)22(12-17)33-3/h4-12H,13H2,1-3H3,(H,27,29). The second-order valence-corrected chi connectivity index (χ2v) is 10.3. The van der Waals surface area contributed by atoms with Gasteiger partial charge in [0.2, 0.25) is 5.91 Å². The molecule has 180 valence electrons. The third-order valence-electron chi connectivity index (χ3n) is 4.86. The minimum absolute atomic E-state index is 0.0170. The Balaban J connectivity index is 2.02. The lowest BCUT2D eigenvalue weighted by molar-refractivity contribution is -0.114. The van der Waals surface area contributed by atoms with Gasteiger partial charge in [-0.15, -0.1) is 0 Å². The molecular formula is C23H21BrClFN2O5S. The van der Waals surface area contributed by atoms with Gasteiger partial charge in [0, 0.05) is 16.2 Å². The molecule has 0 bridgehead atoms. The number of anilines is 2. The topological polar surface area (TPSA) is 84.9 Å². The van der Waals surface area contributed by atoms with Crippen molar-refractivity contribution >= 4 is 54.8 Å². The molecule has 0 saturated heterocycles. The Bertz CT molecular complexity index is 1340. The van der Waals surface area contributed by atoms with Crippen LogP contribution in [0.1, 0.15) is 5.56 Å². The van der Waals surface area contributed by atoms with E-state index in [-0.39, 0.29) is 21.4 Å². The number of benzene rings is 3. The molecular weight excluding hydrogens is 551 g/mol. The summed E-state index contributed by atoms with van der Waals surface area (Å²) in [6.45, 7) is 1.27. The van der Waals surface area contributed by atoms with E-state index in [0.717, 1.165) is 26.5 Å². The molecule has 0 radical (unpaired) electrons. The van der Waals surface area contributed by atoms with Crippen LogP contribution < -0.4 is 19.1 Å². The minimum atomic E-state index is -4.30. The van der Waals surface area contributed by atoms with Gasteiger partial charge in [0.1, 0.15) is 12.4 Å². The Morgan fingerprint density at radius 1 is 1.06 bits per heavy atom. The van der Waals surface area contributed by atoms with Gasteiger partial charge in [-0.25, -0.2) is 12.8 Å². The van der Waals surface area contributed by atoms with Crippen LogP contribution in [0.2, 0.25) is 5.02 Å². The molecule has 0 unspecified atom stereocenters. The lowest BCUT2D eigenvalue weighted by atomic mass is 10.2. The number of hydrogen-bond acceptors (Lipinski definition) is 5. The average molecular weight is 572 g/mol. The van der Waals surface area contributed by atoms with Crippen LogP contribution in [0.5, 0.6) is 11.5 Å². The molecule has 34 heavy (non-hydrogen) atoms. The Morgan fingerprint density at radius 2 is 1.76 bits per heavy atom. The van der Waals surface area contributed by atoms with E-state index in [2.05, 4.69) is 21.2 Å². The summed E-state index contributed by atoms with van der Waals surface area (Å²) in [6, 6.07) is 12.6. The van der Waals surface area contributed by atoms with Crippen LogP contribution in [0, 0.1) is 12.7 Å². The van der Waals surface area contributed by atoms with Gasteiger partial charge in [-0.1, -0.05) is 27.5 Å². The maximum absolute atomic E-state index is 13.8. The average Bonchev–Trinajstić information content (AvgIpc) is 2.81. The van der Waals surface area contributed by atoms with Gasteiger partial charge in [0.15, 0.2) is 11.5 Å². The highest BCUT2D eigenvalue weighted by Crippen LogP contribution is 2.33. The van der Waals surface area contributed by atoms with E-state index < -0.39 is 28.3 Å². The van der Waals surface area contributed by atoms with Crippen LogP contribution in [-0.4, -0.2) is 35.1 Å². The highest BCUT2D eigenvalue weighted by atomic mass is 79.9. The molecule has 1 N–H and O–H groups in total. The predicted octanol–water partition coefficient (Wildman–Crippen LogP) is 5.40. The fourth-order valence-electron chi connectivity index (χ4n) is 3.11. The zero-order chi connectivity index (χ0) is 25.0. The van der Waals surface area contributed by atoms with Crippen LogP contribution >= 0.6 is 27.5 Å². The van der Waals surface area contributed by atoms with Crippen molar-refractivity contribution in [3.63, 3.8) is 0 Å². The number of carbonyl (C=O) groups excluding carboxylic acids is 1. The molecule has 3 aromatic carbocycles. The number of rotatable bonds is 8. The van der Waals surface area contributed by atoms with E-state index >= 15 is 0 Å². The molecule has 0 fully saturated rings. The van der Waals surface area contributed by atoms with Crippen LogP contribution in [0.3, 0.4) is 0 Å².